The Morgan fingerprint density at radius 1 is 1.18 bits per heavy atom. The lowest BCUT2D eigenvalue weighted by molar-refractivity contribution is -0.143. The SMILES string of the molecule is CC.C[C@H]1[C@H](C)C(=O)O[C@@H]1C. The summed E-state index contributed by atoms with van der Waals surface area (Å²) in [5.74, 6) is 0.438. The summed E-state index contributed by atoms with van der Waals surface area (Å²) in [5.41, 5.74) is 0. The minimum atomic E-state index is -0.0463. The van der Waals surface area contributed by atoms with E-state index in [0.717, 1.165) is 0 Å². The van der Waals surface area contributed by atoms with Crippen LogP contribution in [0.5, 0.6) is 0 Å². The van der Waals surface area contributed by atoms with E-state index in [2.05, 4.69) is 0 Å². The summed E-state index contributed by atoms with van der Waals surface area (Å²) in [5, 5.41) is 0. The number of cyclic esters (lactones) is 1. The van der Waals surface area contributed by atoms with Crippen molar-refractivity contribution in [2.75, 3.05) is 0 Å². The summed E-state index contributed by atoms with van der Waals surface area (Å²) in [4.78, 5) is 10.8. The summed E-state index contributed by atoms with van der Waals surface area (Å²) < 4.78 is 4.95. The monoisotopic (exact) mass is 158 g/mol. The zero-order chi connectivity index (χ0) is 9.02. The topological polar surface area (TPSA) is 26.3 Å². The number of esters is 1. The first kappa shape index (κ1) is 10.5. The van der Waals surface area contributed by atoms with Gasteiger partial charge in [0.1, 0.15) is 6.10 Å². The number of hydrogen-bond donors (Lipinski definition) is 0. The lowest BCUT2D eigenvalue weighted by Gasteiger charge is -2.06. The highest BCUT2D eigenvalue weighted by molar-refractivity contribution is 5.74. The molecule has 0 aliphatic carbocycles. The number of rotatable bonds is 0. The molecule has 1 aliphatic heterocycles. The fourth-order valence-electron chi connectivity index (χ4n) is 1.02. The quantitative estimate of drug-likeness (QED) is 0.505. The Balaban J connectivity index is 0.000000461. The summed E-state index contributed by atoms with van der Waals surface area (Å²) in [6.45, 7) is 9.89. The van der Waals surface area contributed by atoms with Crippen molar-refractivity contribution in [1.29, 1.82) is 0 Å². The molecule has 3 atom stereocenters. The first-order chi connectivity index (χ1) is 5.13. The van der Waals surface area contributed by atoms with Crippen LogP contribution in [0, 0.1) is 11.8 Å². The van der Waals surface area contributed by atoms with E-state index in [-0.39, 0.29) is 18.0 Å². The van der Waals surface area contributed by atoms with Crippen LogP contribution in [0.15, 0.2) is 0 Å². The molecule has 1 fully saturated rings. The van der Waals surface area contributed by atoms with Crippen LogP contribution in [0.1, 0.15) is 34.6 Å². The Bertz CT molecular complexity index is 132. The first-order valence-corrected chi connectivity index (χ1v) is 4.33. The van der Waals surface area contributed by atoms with E-state index < -0.39 is 0 Å². The Morgan fingerprint density at radius 3 is 1.73 bits per heavy atom. The Hall–Kier alpha value is -0.530. The van der Waals surface area contributed by atoms with Crippen LogP contribution in [0.25, 0.3) is 0 Å². The van der Waals surface area contributed by atoms with Crippen molar-refractivity contribution in [2.24, 2.45) is 11.8 Å². The summed E-state index contributed by atoms with van der Waals surface area (Å²) in [6, 6.07) is 0. The Morgan fingerprint density at radius 2 is 1.64 bits per heavy atom. The van der Waals surface area contributed by atoms with Crippen molar-refractivity contribution in [2.45, 2.75) is 40.7 Å². The maximum absolute atomic E-state index is 10.8. The average Bonchev–Trinajstić information content (AvgIpc) is 2.22. The predicted octanol–water partition coefficient (Wildman–Crippen LogP) is 2.23. The molecule has 0 amide bonds. The van der Waals surface area contributed by atoms with Gasteiger partial charge in [0.15, 0.2) is 0 Å². The second kappa shape index (κ2) is 4.37. The smallest absolute Gasteiger partial charge is 0.309 e. The van der Waals surface area contributed by atoms with Crippen LogP contribution in [0.2, 0.25) is 0 Å². The normalized spacial score (nSPS) is 35.7. The zero-order valence-electron chi connectivity index (χ0n) is 8.05. The van der Waals surface area contributed by atoms with Crippen LogP contribution in [-0.4, -0.2) is 12.1 Å². The van der Waals surface area contributed by atoms with Gasteiger partial charge in [-0.05, 0) is 6.92 Å². The van der Waals surface area contributed by atoms with Gasteiger partial charge in [-0.3, -0.25) is 4.79 Å². The highest BCUT2D eigenvalue weighted by Gasteiger charge is 2.35. The van der Waals surface area contributed by atoms with Gasteiger partial charge in [0.2, 0.25) is 0 Å². The lowest BCUT2D eigenvalue weighted by atomic mass is 9.95. The molecule has 1 saturated heterocycles. The van der Waals surface area contributed by atoms with Gasteiger partial charge >= 0.3 is 5.97 Å². The molecule has 2 heteroatoms. The molecular weight excluding hydrogens is 140 g/mol. The van der Waals surface area contributed by atoms with Gasteiger partial charge in [0.25, 0.3) is 0 Å². The fraction of sp³-hybridized carbons (Fsp3) is 0.889. The molecule has 0 aromatic carbocycles. The lowest BCUT2D eigenvalue weighted by Crippen LogP contribution is -2.11. The van der Waals surface area contributed by atoms with E-state index in [1.165, 1.54) is 0 Å². The Kier molecular flexibility index (Phi) is 4.16. The molecule has 2 nitrogen and oxygen atoms in total. The van der Waals surface area contributed by atoms with E-state index in [1.807, 2.05) is 34.6 Å². The van der Waals surface area contributed by atoms with Gasteiger partial charge < -0.3 is 4.74 Å². The van der Waals surface area contributed by atoms with Crippen molar-refractivity contribution >= 4 is 5.97 Å². The van der Waals surface area contributed by atoms with Crippen LogP contribution in [0.4, 0.5) is 0 Å². The molecule has 0 saturated carbocycles. The van der Waals surface area contributed by atoms with Crippen molar-refractivity contribution < 1.29 is 9.53 Å². The molecule has 1 rings (SSSR count). The van der Waals surface area contributed by atoms with Gasteiger partial charge in [-0.1, -0.05) is 27.7 Å². The van der Waals surface area contributed by atoms with Crippen LogP contribution < -0.4 is 0 Å². The standard InChI is InChI=1S/C7H12O2.C2H6/c1-4-5(2)7(8)9-6(4)3;1-2/h4-6H,1-3H3;1-2H3/t4-,5-,6+;/m0./s1. The second-order valence-corrected chi connectivity index (χ2v) is 2.79. The largest absolute Gasteiger partial charge is 0.462 e. The molecule has 66 valence electrons. The molecule has 1 heterocycles. The highest BCUT2D eigenvalue weighted by atomic mass is 16.6. The van der Waals surface area contributed by atoms with Gasteiger partial charge in [-0.25, -0.2) is 0 Å². The average molecular weight is 158 g/mol. The minimum absolute atomic E-state index is 0.0463. The molecule has 0 aromatic rings. The predicted molar refractivity (Wildman–Crippen MR) is 45.2 cm³/mol. The molecule has 1 aliphatic rings. The molecule has 0 unspecified atom stereocenters. The summed E-state index contributed by atoms with van der Waals surface area (Å²) >= 11 is 0. The third-order valence-corrected chi connectivity index (χ3v) is 2.20. The summed E-state index contributed by atoms with van der Waals surface area (Å²) in [6.07, 6.45) is 0.118. The van der Waals surface area contributed by atoms with Crippen molar-refractivity contribution in [1.82, 2.24) is 0 Å². The van der Waals surface area contributed by atoms with E-state index in [4.69, 9.17) is 4.74 Å². The molecule has 0 aromatic heterocycles. The van der Waals surface area contributed by atoms with Gasteiger partial charge in [0.05, 0.1) is 5.92 Å². The van der Waals surface area contributed by atoms with E-state index >= 15 is 0 Å². The van der Waals surface area contributed by atoms with Crippen LogP contribution in [-0.2, 0) is 9.53 Å². The first-order valence-electron chi connectivity index (χ1n) is 4.33. The van der Waals surface area contributed by atoms with Crippen LogP contribution >= 0.6 is 0 Å². The Labute approximate surface area is 68.9 Å². The van der Waals surface area contributed by atoms with E-state index in [0.29, 0.717) is 5.92 Å². The van der Waals surface area contributed by atoms with Crippen molar-refractivity contribution in [3.63, 3.8) is 0 Å². The van der Waals surface area contributed by atoms with Crippen molar-refractivity contribution in [3.05, 3.63) is 0 Å². The zero-order valence-corrected chi connectivity index (χ0v) is 8.05. The molecule has 0 bridgehead atoms. The minimum Gasteiger partial charge on any atom is -0.462 e. The molecule has 11 heavy (non-hydrogen) atoms. The highest BCUT2D eigenvalue weighted by Crippen LogP contribution is 2.26. The summed E-state index contributed by atoms with van der Waals surface area (Å²) in [7, 11) is 0. The number of carbonyl (C=O) groups is 1. The third-order valence-electron chi connectivity index (χ3n) is 2.20. The third kappa shape index (κ3) is 2.21. The molecule has 0 N–H and O–H groups in total. The molecule has 0 radical (unpaired) electrons. The van der Waals surface area contributed by atoms with Gasteiger partial charge in [-0.15, -0.1) is 0 Å². The fourth-order valence-corrected chi connectivity index (χ4v) is 1.02. The second-order valence-electron chi connectivity index (χ2n) is 2.79. The van der Waals surface area contributed by atoms with E-state index in [9.17, 15) is 4.79 Å². The number of hydrogen-bond acceptors (Lipinski definition) is 2. The van der Waals surface area contributed by atoms with Gasteiger partial charge in [0, 0.05) is 5.92 Å². The molecule has 0 spiro atoms. The van der Waals surface area contributed by atoms with E-state index in [1.54, 1.807) is 0 Å². The number of carbonyl (C=O) groups excluding carboxylic acids is 1. The van der Waals surface area contributed by atoms with Crippen molar-refractivity contribution in [3.8, 4) is 0 Å². The maximum Gasteiger partial charge on any atom is 0.309 e. The molecular formula is C9H18O2. The van der Waals surface area contributed by atoms with Crippen LogP contribution in [0.3, 0.4) is 0 Å². The van der Waals surface area contributed by atoms with Gasteiger partial charge in [-0.2, -0.15) is 0 Å². The maximum atomic E-state index is 10.8. The number of ether oxygens (including phenoxy) is 1.